The molecule has 0 aromatic carbocycles. The fourth-order valence-corrected chi connectivity index (χ4v) is 2.02. The van der Waals surface area contributed by atoms with E-state index in [1.54, 1.807) is 0 Å². The molecular weight excluding hydrogens is 260 g/mol. The molecule has 0 spiro atoms. The maximum Gasteiger partial charge on any atom is 0.305 e. The van der Waals surface area contributed by atoms with E-state index in [2.05, 4.69) is 35.7 Å². The van der Waals surface area contributed by atoms with E-state index in [1.165, 1.54) is 39.2 Å². The van der Waals surface area contributed by atoms with Crippen molar-refractivity contribution in [1.82, 2.24) is 0 Å². The van der Waals surface area contributed by atoms with Crippen LogP contribution in [0.1, 0.15) is 84.0 Å². The summed E-state index contributed by atoms with van der Waals surface area (Å²) >= 11 is 0. The fourth-order valence-electron chi connectivity index (χ4n) is 2.02. The Morgan fingerprint density at radius 1 is 0.905 bits per heavy atom. The van der Waals surface area contributed by atoms with Gasteiger partial charge in [-0.3, -0.25) is 4.79 Å². The van der Waals surface area contributed by atoms with Gasteiger partial charge in [-0.1, -0.05) is 44.8 Å². The van der Waals surface area contributed by atoms with Crippen LogP contribution in [0, 0.1) is 11.8 Å². The molecule has 0 aliphatic carbocycles. The molecule has 120 valence electrons. The summed E-state index contributed by atoms with van der Waals surface area (Å²) in [6.45, 7) is 2.24. The van der Waals surface area contributed by atoms with E-state index in [0.717, 1.165) is 38.5 Å². The summed E-state index contributed by atoms with van der Waals surface area (Å²) in [5.74, 6) is 6.31. The lowest BCUT2D eigenvalue weighted by Crippen LogP contribution is -1.98. The number of ether oxygens (including phenoxy) is 1. The highest BCUT2D eigenvalue weighted by atomic mass is 16.5. The Bertz CT molecular complexity index is 320. The Labute approximate surface area is 131 Å². The topological polar surface area (TPSA) is 26.3 Å². The van der Waals surface area contributed by atoms with Crippen molar-refractivity contribution in [1.29, 1.82) is 0 Å². The number of unbranched alkanes of at least 4 members (excludes halogenated alkanes) is 8. The number of allylic oxidation sites excluding steroid dienone is 2. The zero-order chi connectivity index (χ0) is 15.6. The Morgan fingerprint density at radius 3 is 2.38 bits per heavy atom. The molecule has 0 amide bonds. The first kappa shape index (κ1) is 19.8. The summed E-state index contributed by atoms with van der Waals surface area (Å²) < 4.78 is 4.60. The van der Waals surface area contributed by atoms with Crippen LogP contribution >= 0.6 is 0 Å². The second kappa shape index (κ2) is 16.8. The molecule has 0 fully saturated rings. The Balaban J connectivity index is 3.26. The minimum atomic E-state index is -0.109. The van der Waals surface area contributed by atoms with Gasteiger partial charge in [0.15, 0.2) is 0 Å². The highest BCUT2D eigenvalue weighted by Gasteiger charge is 1.97. The molecular formula is C19H32O2. The lowest BCUT2D eigenvalue weighted by atomic mass is 10.1. The monoisotopic (exact) mass is 292 g/mol. The molecule has 0 radical (unpaired) electrons. The average Bonchev–Trinajstić information content (AvgIpc) is 2.50. The molecule has 2 nitrogen and oxygen atoms in total. The third-order valence-corrected chi connectivity index (χ3v) is 3.36. The number of rotatable bonds is 12. The number of carbonyl (C=O) groups excluding carboxylic acids is 1. The van der Waals surface area contributed by atoms with Gasteiger partial charge in [-0.2, -0.15) is 0 Å². The Morgan fingerprint density at radius 2 is 1.62 bits per heavy atom. The molecule has 0 saturated heterocycles. The molecule has 0 bridgehead atoms. The third-order valence-electron chi connectivity index (χ3n) is 3.36. The van der Waals surface area contributed by atoms with E-state index in [-0.39, 0.29) is 5.97 Å². The number of hydrogen-bond acceptors (Lipinski definition) is 2. The number of carbonyl (C=O) groups is 1. The van der Waals surface area contributed by atoms with Crippen LogP contribution < -0.4 is 0 Å². The largest absolute Gasteiger partial charge is 0.469 e. The molecule has 0 N–H and O–H groups in total. The van der Waals surface area contributed by atoms with Crippen molar-refractivity contribution in [2.45, 2.75) is 84.0 Å². The van der Waals surface area contributed by atoms with Gasteiger partial charge < -0.3 is 4.74 Å². The van der Waals surface area contributed by atoms with Crippen molar-refractivity contribution in [2.75, 3.05) is 7.11 Å². The first-order chi connectivity index (χ1) is 10.3. The second-order valence-corrected chi connectivity index (χ2v) is 5.35. The van der Waals surface area contributed by atoms with Crippen molar-refractivity contribution in [3.8, 4) is 11.8 Å². The maximum atomic E-state index is 10.9. The van der Waals surface area contributed by atoms with Crippen LogP contribution in [0.5, 0.6) is 0 Å². The number of methoxy groups -OCH3 is 1. The molecule has 0 saturated carbocycles. The predicted octanol–water partition coefficient (Wildman–Crippen LogP) is 5.42. The summed E-state index contributed by atoms with van der Waals surface area (Å²) in [6, 6.07) is 0. The lowest BCUT2D eigenvalue weighted by Gasteiger charge is -1.97. The average molecular weight is 292 g/mol. The molecule has 2 heteroatoms. The van der Waals surface area contributed by atoms with Crippen LogP contribution in [0.3, 0.4) is 0 Å². The molecule has 0 atom stereocenters. The third kappa shape index (κ3) is 16.7. The molecule has 0 unspecified atom stereocenters. The minimum absolute atomic E-state index is 0.109. The van der Waals surface area contributed by atoms with E-state index in [9.17, 15) is 4.79 Å². The zero-order valence-corrected chi connectivity index (χ0v) is 14.0. The maximum absolute atomic E-state index is 10.9. The molecule has 0 rings (SSSR count). The number of hydrogen-bond donors (Lipinski definition) is 0. The molecule has 0 aliphatic rings. The van der Waals surface area contributed by atoms with Crippen molar-refractivity contribution in [3.05, 3.63) is 12.2 Å². The van der Waals surface area contributed by atoms with Crippen LogP contribution in [0.25, 0.3) is 0 Å². The molecule has 0 aliphatic heterocycles. The summed E-state index contributed by atoms with van der Waals surface area (Å²) in [6.07, 6.45) is 17.7. The van der Waals surface area contributed by atoms with Gasteiger partial charge >= 0.3 is 5.97 Å². The van der Waals surface area contributed by atoms with Crippen LogP contribution in [-0.2, 0) is 9.53 Å². The Kier molecular flexibility index (Phi) is 15.8. The van der Waals surface area contributed by atoms with Crippen LogP contribution in [0.15, 0.2) is 12.2 Å². The Hall–Kier alpha value is -1.23. The van der Waals surface area contributed by atoms with Crippen LogP contribution in [0.4, 0.5) is 0 Å². The molecule has 0 aromatic heterocycles. The quantitative estimate of drug-likeness (QED) is 0.208. The molecule has 21 heavy (non-hydrogen) atoms. The molecule has 0 heterocycles. The van der Waals surface area contributed by atoms with E-state index >= 15 is 0 Å². The van der Waals surface area contributed by atoms with Gasteiger partial charge in [0.05, 0.1) is 7.11 Å². The minimum Gasteiger partial charge on any atom is -0.469 e. The van der Waals surface area contributed by atoms with Gasteiger partial charge in [0, 0.05) is 19.3 Å². The summed E-state index contributed by atoms with van der Waals surface area (Å²) in [7, 11) is 1.44. The first-order valence-electron chi connectivity index (χ1n) is 8.48. The fraction of sp³-hybridized carbons (Fsp3) is 0.737. The second-order valence-electron chi connectivity index (χ2n) is 5.35. The van der Waals surface area contributed by atoms with E-state index in [4.69, 9.17) is 0 Å². The van der Waals surface area contributed by atoms with Gasteiger partial charge in [-0.15, -0.1) is 11.8 Å². The predicted molar refractivity (Wildman–Crippen MR) is 90.0 cm³/mol. The molecule has 0 aromatic rings. The smallest absolute Gasteiger partial charge is 0.305 e. The van der Waals surface area contributed by atoms with E-state index < -0.39 is 0 Å². The van der Waals surface area contributed by atoms with E-state index in [0.29, 0.717) is 6.42 Å². The summed E-state index contributed by atoms with van der Waals surface area (Å²) in [4.78, 5) is 10.9. The van der Waals surface area contributed by atoms with Crippen LogP contribution in [0.2, 0.25) is 0 Å². The van der Waals surface area contributed by atoms with Crippen molar-refractivity contribution < 1.29 is 9.53 Å². The summed E-state index contributed by atoms with van der Waals surface area (Å²) in [5, 5.41) is 0. The highest BCUT2D eigenvalue weighted by molar-refractivity contribution is 5.68. The highest BCUT2D eigenvalue weighted by Crippen LogP contribution is 2.04. The van der Waals surface area contributed by atoms with Crippen LogP contribution in [-0.4, -0.2) is 13.1 Å². The standard InChI is InChI=1S/C19H32O2/c1-3-4-5-6-7-8-9-10-11-12-13-14-15-16-17-18-19(20)21-2/h8-9H,3-7,10-11,14-18H2,1-2H3. The van der Waals surface area contributed by atoms with Crippen molar-refractivity contribution in [3.63, 3.8) is 0 Å². The SMILES string of the molecule is CCCCCCC=CCCC#CCCCCCC(=O)OC. The van der Waals surface area contributed by atoms with Gasteiger partial charge in [-0.25, -0.2) is 0 Å². The normalized spacial score (nSPS) is 10.4. The lowest BCUT2D eigenvalue weighted by molar-refractivity contribution is -0.140. The van der Waals surface area contributed by atoms with Crippen molar-refractivity contribution in [2.24, 2.45) is 0 Å². The zero-order valence-electron chi connectivity index (χ0n) is 14.0. The first-order valence-corrected chi connectivity index (χ1v) is 8.48. The van der Waals surface area contributed by atoms with Crippen molar-refractivity contribution >= 4 is 5.97 Å². The van der Waals surface area contributed by atoms with E-state index in [1.807, 2.05) is 0 Å². The van der Waals surface area contributed by atoms with Gasteiger partial charge in [0.25, 0.3) is 0 Å². The van der Waals surface area contributed by atoms with Gasteiger partial charge in [0.1, 0.15) is 0 Å². The number of esters is 1. The van der Waals surface area contributed by atoms with Gasteiger partial charge in [-0.05, 0) is 32.1 Å². The summed E-state index contributed by atoms with van der Waals surface area (Å²) in [5.41, 5.74) is 0. The van der Waals surface area contributed by atoms with Gasteiger partial charge in [0.2, 0.25) is 0 Å².